The summed E-state index contributed by atoms with van der Waals surface area (Å²) in [6, 6.07) is 11.1. The molecule has 29 heavy (non-hydrogen) atoms. The maximum atomic E-state index is 12.6. The summed E-state index contributed by atoms with van der Waals surface area (Å²) < 4.78 is 1.75. The van der Waals surface area contributed by atoms with E-state index < -0.39 is 10.2 Å². The number of nitro benzene ring substituents is 1. The van der Waals surface area contributed by atoms with E-state index in [0.29, 0.717) is 16.0 Å². The summed E-state index contributed by atoms with van der Waals surface area (Å²) in [5.41, 5.74) is 0.743. The number of halogens is 2. The van der Waals surface area contributed by atoms with Crippen molar-refractivity contribution in [1.29, 1.82) is 0 Å². The third-order valence-corrected chi connectivity index (χ3v) is 5.81. The smallest absolute Gasteiger partial charge is 0.271 e. The first-order valence-corrected chi connectivity index (χ1v) is 9.97. The molecule has 8 nitrogen and oxygen atoms in total. The average molecular weight is 452 g/mol. The number of benzene rings is 2. The molecule has 1 amide bonds. The lowest BCUT2D eigenvalue weighted by Gasteiger charge is -2.12. The van der Waals surface area contributed by atoms with Crippen molar-refractivity contribution in [3.05, 3.63) is 62.6 Å². The summed E-state index contributed by atoms with van der Waals surface area (Å²) in [6.07, 6.45) is 0. The second kappa shape index (κ2) is 8.81. The number of anilines is 1. The number of carbonyl (C=O) groups is 1. The predicted octanol–water partition coefficient (Wildman–Crippen LogP) is 4.82. The molecule has 0 fully saturated rings. The number of hydrogen-bond donors (Lipinski definition) is 1. The molecular weight excluding hydrogens is 437 g/mol. The zero-order valence-corrected chi connectivity index (χ0v) is 17.6. The van der Waals surface area contributed by atoms with Crippen LogP contribution in [-0.4, -0.2) is 30.8 Å². The highest BCUT2D eigenvalue weighted by molar-refractivity contribution is 8.00. The first-order chi connectivity index (χ1) is 13.8. The van der Waals surface area contributed by atoms with Gasteiger partial charge in [-0.1, -0.05) is 47.1 Å². The van der Waals surface area contributed by atoms with Crippen LogP contribution in [0.3, 0.4) is 0 Å². The lowest BCUT2D eigenvalue weighted by Crippen LogP contribution is -2.23. The molecule has 3 rings (SSSR count). The van der Waals surface area contributed by atoms with Gasteiger partial charge in [0.2, 0.25) is 5.91 Å². The molecule has 1 N–H and O–H groups in total. The van der Waals surface area contributed by atoms with E-state index in [9.17, 15) is 14.9 Å². The molecule has 0 saturated carbocycles. The van der Waals surface area contributed by atoms with Crippen molar-refractivity contribution in [3.63, 3.8) is 0 Å². The van der Waals surface area contributed by atoms with E-state index in [0.717, 1.165) is 5.56 Å². The molecule has 0 aliphatic carbocycles. The first kappa shape index (κ1) is 21.1. The number of non-ortho nitro benzene ring substituents is 1. The van der Waals surface area contributed by atoms with Crippen LogP contribution >= 0.6 is 35.0 Å². The number of hydrogen-bond acceptors (Lipinski definition) is 6. The average Bonchev–Trinajstić information content (AvgIpc) is 3.04. The van der Waals surface area contributed by atoms with E-state index in [1.54, 1.807) is 24.6 Å². The van der Waals surface area contributed by atoms with Crippen LogP contribution in [0.2, 0.25) is 10.0 Å². The molecule has 1 unspecified atom stereocenters. The second-order valence-corrected chi connectivity index (χ2v) is 8.14. The normalized spacial score (nSPS) is 11.9. The van der Waals surface area contributed by atoms with Gasteiger partial charge in [0.15, 0.2) is 11.0 Å². The van der Waals surface area contributed by atoms with Crippen LogP contribution in [0.5, 0.6) is 0 Å². The Labute approximate surface area is 180 Å². The SMILES string of the molecule is CC(Sc1nnc(-c2ccccc2Cl)n1C)C(=O)Nc1cc([N+](=O)[O-])ccc1Cl. The summed E-state index contributed by atoms with van der Waals surface area (Å²) in [4.78, 5) is 22.9. The first-order valence-electron chi connectivity index (χ1n) is 8.33. The Morgan fingerprint density at radius 3 is 2.62 bits per heavy atom. The molecule has 0 radical (unpaired) electrons. The Bertz CT molecular complexity index is 1090. The minimum Gasteiger partial charge on any atom is -0.324 e. The largest absolute Gasteiger partial charge is 0.324 e. The van der Waals surface area contributed by atoms with Gasteiger partial charge < -0.3 is 9.88 Å². The van der Waals surface area contributed by atoms with E-state index in [2.05, 4.69) is 15.5 Å². The number of aromatic nitrogens is 3. The lowest BCUT2D eigenvalue weighted by molar-refractivity contribution is -0.384. The van der Waals surface area contributed by atoms with Crippen LogP contribution in [-0.2, 0) is 11.8 Å². The van der Waals surface area contributed by atoms with Gasteiger partial charge in [-0.25, -0.2) is 0 Å². The Morgan fingerprint density at radius 1 is 1.21 bits per heavy atom. The van der Waals surface area contributed by atoms with Gasteiger partial charge in [0.25, 0.3) is 5.69 Å². The topological polar surface area (TPSA) is 103 Å². The third kappa shape index (κ3) is 4.69. The van der Waals surface area contributed by atoms with Gasteiger partial charge in [-0.2, -0.15) is 0 Å². The zero-order chi connectivity index (χ0) is 21.1. The number of rotatable bonds is 6. The summed E-state index contributed by atoms with van der Waals surface area (Å²) in [7, 11) is 1.78. The number of nitro groups is 1. The van der Waals surface area contributed by atoms with Crippen molar-refractivity contribution in [2.24, 2.45) is 7.05 Å². The van der Waals surface area contributed by atoms with Crippen molar-refractivity contribution in [1.82, 2.24) is 14.8 Å². The van der Waals surface area contributed by atoms with Crippen molar-refractivity contribution in [2.45, 2.75) is 17.3 Å². The zero-order valence-electron chi connectivity index (χ0n) is 15.3. The summed E-state index contributed by atoms with van der Waals surface area (Å²) >= 11 is 13.5. The van der Waals surface area contributed by atoms with E-state index in [1.807, 2.05) is 18.2 Å². The molecule has 1 heterocycles. The van der Waals surface area contributed by atoms with Crippen LogP contribution in [0.15, 0.2) is 47.6 Å². The molecule has 1 atom stereocenters. The maximum absolute atomic E-state index is 12.6. The lowest BCUT2D eigenvalue weighted by atomic mass is 10.2. The van der Waals surface area contributed by atoms with Crippen molar-refractivity contribution >= 4 is 52.2 Å². The minimum atomic E-state index is -0.563. The quantitative estimate of drug-likeness (QED) is 0.327. The van der Waals surface area contributed by atoms with Crippen molar-refractivity contribution < 1.29 is 9.72 Å². The van der Waals surface area contributed by atoms with E-state index in [4.69, 9.17) is 23.2 Å². The van der Waals surface area contributed by atoms with Gasteiger partial charge in [0.1, 0.15) is 0 Å². The standard InChI is InChI=1S/C18H15Cl2N5O3S/c1-10(17(26)21-15-9-11(25(27)28)7-8-14(15)20)29-18-23-22-16(24(18)2)12-5-3-4-6-13(12)19/h3-10H,1-2H3,(H,21,26). The van der Waals surface area contributed by atoms with Crippen LogP contribution < -0.4 is 5.32 Å². The molecule has 0 spiro atoms. The fourth-order valence-corrected chi connectivity index (χ4v) is 3.66. The van der Waals surface area contributed by atoms with Crippen molar-refractivity contribution in [2.75, 3.05) is 5.32 Å². The van der Waals surface area contributed by atoms with Gasteiger partial charge >= 0.3 is 0 Å². The van der Waals surface area contributed by atoms with E-state index in [-0.39, 0.29) is 22.3 Å². The summed E-state index contributed by atoms with van der Waals surface area (Å²) in [5, 5.41) is 22.6. The Morgan fingerprint density at radius 2 is 1.93 bits per heavy atom. The summed E-state index contributed by atoms with van der Waals surface area (Å²) in [5.74, 6) is 0.201. The third-order valence-electron chi connectivity index (χ3n) is 4.02. The monoisotopic (exact) mass is 451 g/mol. The van der Waals surface area contributed by atoms with Crippen LogP contribution in [0, 0.1) is 10.1 Å². The predicted molar refractivity (Wildman–Crippen MR) is 114 cm³/mol. The molecule has 3 aromatic rings. The van der Waals surface area contributed by atoms with E-state index in [1.165, 1.54) is 30.0 Å². The summed E-state index contributed by atoms with van der Waals surface area (Å²) in [6.45, 7) is 1.69. The number of amides is 1. The highest BCUT2D eigenvalue weighted by atomic mass is 35.5. The molecule has 0 aliphatic heterocycles. The molecule has 0 saturated heterocycles. The van der Waals surface area contributed by atoms with Gasteiger partial charge in [0, 0.05) is 24.7 Å². The molecule has 1 aromatic heterocycles. The van der Waals surface area contributed by atoms with Gasteiger partial charge in [0.05, 0.1) is 25.9 Å². The molecule has 2 aromatic carbocycles. The highest BCUT2D eigenvalue weighted by Crippen LogP contribution is 2.31. The Balaban J connectivity index is 1.75. The van der Waals surface area contributed by atoms with E-state index >= 15 is 0 Å². The van der Waals surface area contributed by atoms with Crippen LogP contribution in [0.4, 0.5) is 11.4 Å². The fraction of sp³-hybridized carbons (Fsp3) is 0.167. The Hall–Kier alpha value is -2.62. The fourth-order valence-electron chi connectivity index (χ4n) is 2.46. The van der Waals surface area contributed by atoms with Crippen LogP contribution in [0.25, 0.3) is 11.4 Å². The number of thioether (sulfide) groups is 1. The molecule has 0 bridgehead atoms. The molecular formula is C18H15Cl2N5O3S. The molecule has 0 aliphatic rings. The minimum absolute atomic E-state index is 0.164. The maximum Gasteiger partial charge on any atom is 0.271 e. The van der Waals surface area contributed by atoms with Crippen molar-refractivity contribution in [3.8, 4) is 11.4 Å². The number of nitrogens with one attached hydrogen (secondary N) is 1. The second-order valence-electron chi connectivity index (χ2n) is 6.02. The highest BCUT2D eigenvalue weighted by Gasteiger charge is 2.21. The van der Waals surface area contributed by atoms with Gasteiger partial charge in [-0.15, -0.1) is 10.2 Å². The molecule has 150 valence electrons. The number of nitrogens with zero attached hydrogens (tertiary/aromatic N) is 4. The Kier molecular flexibility index (Phi) is 6.41. The van der Waals surface area contributed by atoms with Gasteiger partial charge in [-0.05, 0) is 25.1 Å². The van der Waals surface area contributed by atoms with Crippen LogP contribution in [0.1, 0.15) is 6.92 Å². The molecule has 11 heteroatoms. The van der Waals surface area contributed by atoms with Gasteiger partial charge in [-0.3, -0.25) is 14.9 Å². The number of carbonyl (C=O) groups excluding carboxylic acids is 1.